The number of rotatable bonds is 5. The van der Waals surface area contributed by atoms with Gasteiger partial charge < -0.3 is 10.6 Å². The lowest BCUT2D eigenvalue weighted by molar-refractivity contribution is 0.102. The van der Waals surface area contributed by atoms with E-state index in [4.69, 9.17) is 0 Å². The number of halogens is 3. The topological polar surface area (TPSA) is 66.9 Å². The first-order valence-corrected chi connectivity index (χ1v) is 11.9. The zero-order chi connectivity index (χ0) is 25.5. The average Bonchev–Trinajstić information content (AvgIpc) is 2.86. The summed E-state index contributed by atoms with van der Waals surface area (Å²) < 4.78 is 42.7. The number of amides is 1. The molecule has 2 aromatic heterocycles. The first-order valence-electron chi connectivity index (χ1n) is 11.9. The van der Waals surface area contributed by atoms with Crippen molar-refractivity contribution in [1.29, 1.82) is 0 Å². The Kier molecular flexibility index (Phi) is 8.98. The van der Waals surface area contributed by atoms with Crippen LogP contribution in [0.15, 0.2) is 48.8 Å². The van der Waals surface area contributed by atoms with Crippen molar-refractivity contribution >= 4 is 11.6 Å². The Labute approximate surface area is 204 Å². The van der Waals surface area contributed by atoms with Gasteiger partial charge in [-0.2, -0.15) is 0 Å². The minimum absolute atomic E-state index is 0.158. The van der Waals surface area contributed by atoms with Gasteiger partial charge in [-0.1, -0.05) is 26.8 Å². The van der Waals surface area contributed by atoms with Gasteiger partial charge in [-0.15, -0.1) is 0 Å². The SMILES string of the molecule is CC.CN[C@@H]1CC(c2ccncc2NC(=O)c2ccc(F)c(-c3c(F)cccc3F)n2)C[C@H](C)C1. The Morgan fingerprint density at radius 3 is 2.37 bits per heavy atom. The van der Waals surface area contributed by atoms with E-state index in [-0.39, 0.29) is 11.6 Å². The average molecular weight is 485 g/mol. The van der Waals surface area contributed by atoms with Crippen LogP contribution in [0.25, 0.3) is 11.3 Å². The summed E-state index contributed by atoms with van der Waals surface area (Å²) in [4.78, 5) is 21.1. The molecule has 1 unspecified atom stereocenters. The number of nitrogens with zero attached hydrogens (tertiary/aromatic N) is 2. The number of hydrogen-bond acceptors (Lipinski definition) is 4. The largest absolute Gasteiger partial charge is 0.319 e. The van der Waals surface area contributed by atoms with Crippen LogP contribution < -0.4 is 10.6 Å². The summed E-state index contributed by atoms with van der Waals surface area (Å²) in [5.74, 6) is -2.70. The number of anilines is 1. The third-order valence-electron chi connectivity index (χ3n) is 6.17. The number of nitrogens with one attached hydrogen (secondary N) is 2. The molecule has 1 fully saturated rings. The smallest absolute Gasteiger partial charge is 0.274 e. The highest BCUT2D eigenvalue weighted by Gasteiger charge is 2.29. The lowest BCUT2D eigenvalue weighted by Crippen LogP contribution is -2.34. The van der Waals surface area contributed by atoms with Crippen molar-refractivity contribution in [1.82, 2.24) is 15.3 Å². The normalized spacial score (nSPS) is 19.5. The monoisotopic (exact) mass is 484 g/mol. The van der Waals surface area contributed by atoms with E-state index in [1.165, 1.54) is 12.1 Å². The van der Waals surface area contributed by atoms with Gasteiger partial charge in [0, 0.05) is 12.2 Å². The summed E-state index contributed by atoms with van der Waals surface area (Å²) in [6.07, 6.45) is 6.26. The molecule has 2 N–H and O–H groups in total. The van der Waals surface area contributed by atoms with Crippen molar-refractivity contribution in [2.24, 2.45) is 5.92 Å². The second kappa shape index (κ2) is 11.9. The van der Waals surface area contributed by atoms with Crippen LogP contribution in [0, 0.1) is 23.4 Å². The third-order valence-corrected chi connectivity index (χ3v) is 6.17. The number of aromatic nitrogens is 2. The molecule has 1 amide bonds. The highest BCUT2D eigenvalue weighted by atomic mass is 19.1. The van der Waals surface area contributed by atoms with Crippen LogP contribution in [0.2, 0.25) is 0 Å². The van der Waals surface area contributed by atoms with Crippen LogP contribution in [-0.4, -0.2) is 29.0 Å². The van der Waals surface area contributed by atoms with Gasteiger partial charge in [0.2, 0.25) is 0 Å². The van der Waals surface area contributed by atoms with Gasteiger partial charge in [0.25, 0.3) is 5.91 Å². The third kappa shape index (κ3) is 6.06. The number of carbonyl (C=O) groups excluding carboxylic acids is 1. The van der Waals surface area contributed by atoms with Crippen molar-refractivity contribution in [3.63, 3.8) is 0 Å². The van der Waals surface area contributed by atoms with Gasteiger partial charge in [0.1, 0.15) is 28.8 Å². The Balaban J connectivity index is 0.00000167. The van der Waals surface area contributed by atoms with Gasteiger partial charge in [-0.3, -0.25) is 9.78 Å². The highest BCUT2D eigenvalue weighted by Crippen LogP contribution is 2.39. The molecule has 0 radical (unpaired) electrons. The summed E-state index contributed by atoms with van der Waals surface area (Å²) in [6, 6.07) is 7.64. The maximum absolute atomic E-state index is 14.4. The molecule has 0 aliphatic heterocycles. The van der Waals surface area contributed by atoms with Crippen molar-refractivity contribution < 1.29 is 18.0 Å². The molecule has 0 spiro atoms. The summed E-state index contributed by atoms with van der Waals surface area (Å²) in [5.41, 5.74) is 0.187. The fourth-order valence-corrected chi connectivity index (χ4v) is 4.61. The number of carbonyl (C=O) groups is 1. The molecule has 2 heterocycles. The van der Waals surface area contributed by atoms with E-state index in [1.807, 2.05) is 27.0 Å². The Morgan fingerprint density at radius 2 is 1.69 bits per heavy atom. The predicted molar refractivity (Wildman–Crippen MR) is 132 cm³/mol. The number of benzene rings is 1. The van der Waals surface area contributed by atoms with Crippen LogP contribution in [0.4, 0.5) is 18.9 Å². The lowest BCUT2D eigenvalue weighted by Gasteiger charge is -2.34. The van der Waals surface area contributed by atoms with E-state index in [9.17, 15) is 18.0 Å². The molecule has 35 heavy (non-hydrogen) atoms. The van der Waals surface area contributed by atoms with Gasteiger partial charge in [0.05, 0.1) is 17.4 Å². The molecule has 1 aromatic carbocycles. The zero-order valence-corrected chi connectivity index (χ0v) is 20.4. The van der Waals surface area contributed by atoms with E-state index in [0.29, 0.717) is 17.6 Å². The summed E-state index contributed by atoms with van der Waals surface area (Å²) >= 11 is 0. The molecule has 1 aliphatic rings. The second-order valence-corrected chi connectivity index (χ2v) is 8.54. The lowest BCUT2D eigenvalue weighted by atomic mass is 9.76. The molecular formula is C27H31F3N4O. The van der Waals surface area contributed by atoms with Crippen molar-refractivity contribution in [2.75, 3.05) is 12.4 Å². The molecule has 0 bridgehead atoms. The summed E-state index contributed by atoms with van der Waals surface area (Å²) in [6.45, 7) is 6.21. The van der Waals surface area contributed by atoms with Gasteiger partial charge in [-0.25, -0.2) is 18.2 Å². The highest BCUT2D eigenvalue weighted by molar-refractivity contribution is 6.03. The Morgan fingerprint density at radius 1 is 0.971 bits per heavy atom. The predicted octanol–water partition coefficient (Wildman–Crippen LogP) is 6.33. The van der Waals surface area contributed by atoms with Crippen molar-refractivity contribution in [3.05, 3.63) is 77.5 Å². The van der Waals surface area contributed by atoms with Gasteiger partial charge >= 0.3 is 0 Å². The summed E-state index contributed by atoms with van der Waals surface area (Å²) in [7, 11) is 1.95. The van der Waals surface area contributed by atoms with Crippen LogP contribution in [0.5, 0.6) is 0 Å². The fraction of sp³-hybridized carbons (Fsp3) is 0.370. The molecule has 5 nitrogen and oxygen atoms in total. The molecule has 0 saturated heterocycles. The molecule has 8 heteroatoms. The number of hydrogen-bond donors (Lipinski definition) is 2. The second-order valence-electron chi connectivity index (χ2n) is 8.54. The zero-order valence-electron chi connectivity index (χ0n) is 20.4. The van der Waals surface area contributed by atoms with E-state index in [1.54, 1.807) is 12.4 Å². The van der Waals surface area contributed by atoms with E-state index < -0.39 is 34.6 Å². The molecule has 3 aromatic rings. The van der Waals surface area contributed by atoms with E-state index >= 15 is 0 Å². The van der Waals surface area contributed by atoms with Crippen LogP contribution in [0.1, 0.15) is 62.0 Å². The molecule has 186 valence electrons. The van der Waals surface area contributed by atoms with E-state index in [2.05, 4.69) is 27.5 Å². The Hall–Kier alpha value is -3.26. The van der Waals surface area contributed by atoms with Gasteiger partial charge in [-0.05, 0) is 74.0 Å². The molecule has 3 atom stereocenters. The first kappa shape index (κ1) is 26.3. The quantitative estimate of drug-likeness (QED) is 0.444. The standard InChI is InChI=1S/C25H25F3N4O.C2H6/c1-14-10-15(12-16(11-14)29-2)17-8-9-30-13-22(17)32-25(33)21-7-6-20(28)24(31-21)23-18(26)4-3-5-19(23)27;1-2/h3-9,13-16,29H,10-12H2,1-2H3,(H,32,33);1-2H3/t14-,15?,16-;/m0./s1. The van der Waals surface area contributed by atoms with Crippen molar-refractivity contribution in [2.45, 2.75) is 52.0 Å². The first-order chi connectivity index (χ1) is 16.9. The summed E-state index contributed by atoms with van der Waals surface area (Å²) in [5, 5.41) is 6.15. The maximum Gasteiger partial charge on any atom is 0.274 e. The Bertz CT molecular complexity index is 1150. The van der Waals surface area contributed by atoms with Gasteiger partial charge in [0.15, 0.2) is 0 Å². The van der Waals surface area contributed by atoms with Crippen LogP contribution >= 0.6 is 0 Å². The molecular weight excluding hydrogens is 453 g/mol. The maximum atomic E-state index is 14.4. The number of pyridine rings is 2. The fourth-order valence-electron chi connectivity index (χ4n) is 4.61. The van der Waals surface area contributed by atoms with Crippen molar-refractivity contribution in [3.8, 4) is 11.3 Å². The van der Waals surface area contributed by atoms with Crippen LogP contribution in [0.3, 0.4) is 0 Å². The minimum atomic E-state index is -0.959. The molecule has 1 aliphatic carbocycles. The minimum Gasteiger partial charge on any atom is -0.319 e. The van der Waals surface area contributed by atoms with Crippen LogP contribution in [-0.2, 0) is 0 Å². The molecule has 1 saturated carbocycles. The molecule has 4 rings (SSSR count). The van der Waals surface area contributed by atoms with E-state index in [0.717, 1.165) is 43.0 Å².